The Morgan fingerprint density at radius 2 is 1.47 bits per heavy atom. The molecule has 2 aromatic carbocycles. The van der Waals surface area contributed by atoms with Gasteiger partial charge in [0.15, 0.2) is 5.11 Å². The maximum atomic E-state index is 13.1. The molecule has 160 valence electrons. The van der Waals surface area contributed by atoms with Gasteiger partial charge in [0.25, 0.3) is 11.8 Å². The highest BCUT2D eigenvalue weighted by Gasteiger charge is 2.42. The van der Waals surface area contributed by atoms with Gasteiger partial charge in [-0.15, -0.1) is 0 Å². The maximum absolute atomic E-state index is 13.1. The molecule has 32 heavy (non-hydrogen) atoms. The third-order valence-corrected chi connectivity index (χ3v) is 5.23. The minimum absolute atomic E-state index is 0.114. The summed E-state index contributed by atoms with van der Waals surface area (Å²) in [6.45, 7) is 1.84. The molecule has 0 bridgehead atoms. The van der Waals surface area contributed by atoms with Gasteiger partial charge in [-0.05, 0) is 49.5 Å². The number of carbonyl (C=O) groups excluding carboxylic acids is 5. The summed E-state index contributed by atoms with van der Waals surface area (Å²) >= 11 is 5.13. The lowest BCUT2D eigenvalue weighted by atomic mass is 9.98. The molecule has 2 fully saturated rings. The van der Waals surface area contributed by atoms with E-state index < -0.39 is 41.2 Å². The summed E-state index contributed by atoms with van der Waals surface area (Å²) in [5.74, 6) is -4.94. The highest BCUT2D eigenvalue weighted by molar-refractivity contribution is 7.80. The monoisotopic (exact) mass is 448 g/mol. The van der Waals surface area contributed by atoms with E-state index >= 15 is 0 Å². The standard InChI is InChI=1S/C22H16N4O5S/c1-12-7-9-14(10-8-12)25-19(29)15(17(27)23-21(25)31)11-16-18(28)24-22(32)26(20(16)30)13-5-3-2-4-6-13/h2-11,16H,1H3,(H,23,27,31)(H,24,28,32)/b15-11+/t16-/m0/s1. The third-order valence-electron chi connectivity index (χ3n) is 4.94. The van der Waals surface area contributed by atoms with Gasteiger partial charge >= 0.3 is 6.03 Å². The van der Waals surface area contributed by atoms with Crippen LogP contribution >= 0.6 is 12.2 Å². The number of thiocarbonyl (C=S) groups is 1. The van der Waals surface area contributed by atoms with Gasteiger partial charge in [0.05, 0.1) is 11.4 Å². The summed E-state index contributed by atoms with van der Waals surface area (Å²) in [5, 5.41) is 4.37. The Labute approximate surface area is 187 Å². The molecule has 9 nitrogen and oxygen atoms in total. The lowest BCUT2D eigenvalue weighted by molar-refractivity contribution is -0.131. The van der Waals surface area contributed by atoms with E-state index in [1.54, 1.807) is 54.6 Å². The van der Waals surface area contributed by atoms with E-state index in [9.17, 15) is 24.0 Å². The number of rotatable bonds is 3. The number of imide groups is 2. The molecule has 0 saturated carbocycles. The van der Waals surface area contributed by atoms with Gasteiger partial charge < -0.3 is 5.32 Å². The van der Waals surface area contributed by atoms with Crippen LogP contribution in [0.4, 0.5) is 16.2 Å². The van der Waals surface area contributed by atoms with E-state index in [2.05, 4.69) is 10.6 Å². The van der Waals surface area contributed by atoms with E-state index in [1.807, 2.05) is 6.92 Å². The number of benzene rings is 2. The van der Waals surface area contributed by atoms with Crippen LogP contribution in [-0.2, 0) is 19.2 Å². The number of hydrogen-bond donors (Lipinski definition) is 2. The number of barbiturate groups is 1. The normalized spacial score (nSPS) is 20.5. The predicted molar refractivity (Wildman–Crippen MR) is 118 cm³/mol. The van der Waals surface area contributed by atoms with Crippen molar-refractivity contribution in [3.63, 3.8) is 0 Å². The lowest BCUT2D eigenvalue weighted by Crippen LogP contribution is -2.58. The zero-order chi connectivity index (χ0) is 23.0. The average Bonchev–Trinajstić information content (AvgIpc) is 2.75. The van der Waals surface area contributed by atoms with Crippen molar-refractivity contribution in [3.05, 3.63) is 71.8 Å². The molecule has 1 atom stereocenters. The fourth-order valence-electron chi connectivity index (χ4n) is 3.33. The smallest absolute Gasteiger partial charge is 0.301 e. The summed E-state index contributed by atoms with van der Waals surface area (Å²) in [6, 6.07) is 14.0. The first-order valence-electron chi connectivity index (χ1n) is 9.50. The minimum Gasteiger partial charge on any atom is -0.301 e. The first-order valence-corrected chi connectivity index (χ1v) is 9.91. The number of nitrogens with one attached hydrogen (secondary N) is 2. The van der Waals surface area contributed by atoms with Crippen LogP contribution in [0.2, 0.25) is 0 Å². The number of aryl methyl sites for hydroxylation is 1. The van der Waals surface area contributed by atoms with Crippen molar-refractivity contribution >= 4 is 58.4 Å². The van der Waals surface area contributed by atoms with Crippen molar-refractivity contribution in [2.24, 2.45) is 5.92 Å². The van der Waals surface area contributed by atoms with Gasteiger partial charge in [-0.25, -0.2) is 9.69 Å². The largest absolute Gasteiger partial charge is 0.335 e. The van der Waals surface area contributed by atoms with Crippen LogP contribution in [0.15, 0.2) is 66.2 Å². The van der Waals surface area contributed by atoms with Crippen molar-refractivity contribution in [2.45, 2.75) is 6.92 Å². The van der Waals surface area contributed by atoms with Gasteiger partial charge in [-0.3, -0.25) is 29.4 Å². The number of urea groups is 1. The molecule has 2 heterocycles. The number of carbonyl (C=O) groups is 5. The Morgan fingerprint density at radius 3 is 2.12 bits per heavy atom. The van der Waals surface area contributed by atoms with Crippen LogP contribution < -0.4 is 20.4 Å². The minimum atomic E-state index is -1.50. The molecule has 0 aliphatic carbocycles. The Morgan fingerprint density at radius 1 is 0.844 bits per heavy atom. The van der Waals surface area contributed by atoms with Crippen molar-refractivity contribution < 1.29 is 24.0 Å². The van der Waals surface area contributed by atoms with Crippen LogP contribution in [0.3, 0.4) is 0 Å². The summed E-state index contributed by atoms with van der Waals surface area (Å²) in [6.07, 6.45) is 0.959. The van der Waals surface area contributed by atoms with E-state index in [0.717, 1.165) is 21.4 Å². The molecular formula is C22H16N4O5S. The molecule has 2 aromatic rings. The predicted octanol–water partition coefficient (Wildman–Crippen LogP) is 1.57. The molecule has 2 aliphatic rings. The van der Waals surface area contributed by atoms with Crippen molar-refractivity contribution in [3.8, 4) is 0 Å². The second-order valence-electron chi connectivity index (χ2n) is 7.10. The summed E-state index contributed by atoms with van der Waals surface area (Å²) in [5.41, 5.74) is 1.07. The molecule has 10 heteroatoms. The maximum Gasteiger partial charge on any atom is 0.335 e. The van der Waals surface area contributed by atoms with Gasteiger partial charge in [0.1, 0.15) is 11.5 Å². The lowest BCUT2D eigenvalue weighted by Gasteiger charge is -2.32. The Hall–Kier alpha value is -4.18. The van der Waals surface area contributed by atoms with Gasteiger partial charge in [0, 0.05) is 0 Å². The topological polar surface area (TPSA) is 116 Å². The molecule has 2 N–H and O–H groups in total. The van der Waals surface area contributed by atoms with Gasteiger partial charge in [-0.2, -0.15) is 0 Å². The van der Waals surface area contributed by atoms with Crippen molar-refractivity contribution in [2.75, 3.05) is 9.80 Å². The van der Waals surface area contributed by atoms with Crippen LogP contribution in [0.5, 0.6) is 0 Å². The van der Waals surface area contributed by atoms with Crippen LogP contribution in [-0.4, -0.2) is 34.8 Å². The van der Waals surface area contributed by atoms with E-state index in [0.29, 0.717) is 5.69 Å². The zero-order valence-corrected chi connectivity index (χ0v) is 17.5. The molecule has 0 spiro atoms. The quantitative estimate of drug-likeness (QED) is 0.319. The molecule has 2 aliphatic heterocycles. The fourth-order valence-corrected chi connectivity index (χ4v) is 3.63. The molecule has 6 amide bonds. The number of nitrogens with zero attached hydrogens (tertiary/aromatic N) is 2. The van der Waals surface area contributed by atoms with Crippen molar-refractivity contribution in [1.29, 1.82) is 0 Å². The Kier molecular flexibility index (Phi) is 5.37. The first-order chi connectivity index (χ1) is 15.3. The number of amides is 6. The molecular weight excluding hydrogens is 432 g/mol. The van der Waals surface area contributed by atoms with Crippen LogP contribution in [0.1, 0.15) is 5.56 Å². The summed E-state index contributed by atoms with van der Waals surface area (Å²) < 4.78 is 0. The van der Waals surface area contributed by atoms with Crippen LogP contribution in [0.25, 0.3) is 0 Å². The second-order valence-corrected chi connectivity index (χ2v) is 7.48. The summed E-state index contributed by atoms with van der Waals surface area (Å²) in [4.78, 5) is 65.3. The SMILES string of the molecule is Cc1ccc(N2C(=O)NC(=O)/C(=C\[C@H]3C(=O)NC(=S)N(c4ccccc4)C3=O)C2=O)cc1. The van der Waals surface area contributed by atoms with Gasteiger partial charge in [-0.1, -0.05) is 35.9 Å². The van der Waals surface area contributed by atoms with Gasteiger partial charge in [0.2, 0.25) is 11.8 Å². The highest BCUT2D eigenvalue weighted by atomic mass is 32.1. The fraction of sp³-hybridized carbons (Fsp3) is 0.0909. The molecule has 0 unspecified atom stereocenters. The van der Waals surface area contributed by atoms with E-state index in [-0.39, 0.29) is 10.8 Å². The molecule has 4 rings (SSSR count). The first kappa shape index (κ1) is 21.1. The van der Waals surface area contributed by atoms with E-state index in [4.69, 9.17) is 12.2 Å². The van der Waals surface area contributed by atoms with Crippen molar-refractivity contribution in [1.82, 2.24) is 10.6 Å². The molecule has 0 radical (unpaired) electrons. The van der Waals surface area contributed by atoms with E-state index in [1.165, 1.54) is 0 Å². The highest BCUT2D eigenvalue weighted by Crippen LogP contribution is 2.25. The average molecular weight is 448 g/mol. The number of hydrogen-bond acceptors (Lipinski definition) is 6. The summed E-state index contributed by atoms with van der Waals surface area (Å²) in [7, 11) is 0. The Bertz CT molecular complexity index is 1210. The number of para-hydroxylation sites is 1. The second kappa shape index (κ2) is 8.16. The zero-order valence-electron chi connectivity index (χ0n) is 16.7. The number of anilines is 2. The Balaban J connectivity index is 1.71. The van der Waals surface area contributed by atoms with Crippen LogP contribution in [0, 0.1) is 12.8 Å². The third kappa shape index (κ3) is 3.67. The molecule has 0 aromatic heterocycles. The molecule has 2 saturated heterocycles.